The van der Waals surface area contributed by atoms with Gasteiger partial charge in [-0.15, -0.1) is 0 Å². The average Bonchev–Trinajstić information content (AvgIpc) is 1.94. The van der Waals surface area contributed by atoms with E-state index in [0.717, 1.165) is 11.3 Å². The highest BCUT2D eigenvalue weighted by molar-refractivity contribution is 5.62. The Morgan fingerprint density at radius 1 is 1.58 bits per heavy atom. The van der Waals surface area contributed by atoms with Crippen molar-refractivity contribution in [3.05, 3.63) is 29.6 Å². The Morgan fingerprint density at radius 2 is 2.25 bits per heavy atom. The average molecular weight is 165 g/mol. The lowest BCUT2D eigenvalue weighted by Crippen LogP contribution is -2.45. The molecule has 0 aliphatic heterocycles. The number of hydrogen-bond donors (Lipinski definition) is 0. The van der Waals surface area contributed by atoms with E-state index in [4.69, 9.17) is 0 Å². The van der Waals surface area contributed by atoms with Crippen LogP contribution in [0.2, 0.25) is 0 Å². The van der Waals surface area contributed by atoms with Gasteiger partial charge in [-0.1, -0.05) is 0 Å². The first kappa shape index (κ1) is 8.71. The van der Waals surface area contributed by atoms with Crippen LogP contribution in [0.3, 0.4) is 0 Å². The van der Waals surface area contributed by atoms with Crippen LogP contribution in [0.5, 0.6) is 0 Å². The van der Waals surface area contributed by atoms with Crippen molar-refractivity contribution in [3.63, 3.8) is 0 Å². The molecule has 1 aromatic heterocycles. The summed E-state index contributed by atoms with van der Waals surface area (Å²) in [6, 6.07) is 3.80. The molecule has 64 valence electrons. The molecule has 1 aromatic rings. The molecular weight excluding hydrogens is 154 g/mol. The number of hydrogen-bond acceptors (Lipinski definition) is 2. The number of carboxylic acid groups (broad SMARTS) is 1. The molecule has 0 aliphatic carbocycles. The number of aliphatic carboxylic acids is 1. The van der Waals surface area contributed by atoms with Crippen LogP contribution >= 0.6 is 0 Å². The molecule has 1 heterocycles. The Balaban J connectivity index is 2.93. The SMILES string of the molecule is Cc1cc[n+](CC(=O)[O-])c(C)c1. The van der Waals surface area contributed by atoms with Crippen LogP contribution in [0.1, 0.15) is 11.3 Å². The zero-order chi connectivity index (χ0) is 9.14. The third-order valence-corrected chi connectivity index (χ3v) is 1.71. The number of aryl methyl sites for hydroxylation is 2. The Bertz CT molecular complexity index is 307. The van der Waals surface area contributed by atoms with Crippen LogP contribution in [0.25, 0.3) is 0 Å². The maximum Gasteiger partial charge on any atom is 0.188 e. The van der Waals surface area contributed by atoms with Gasteiger partial charge in [0.15, 0.2) is 18.4 Å². The summed E-state index contributed by atoms with van der Waals surface area (Å²) in [6.45, 7) is 3.76. The minimum absolute atomic E-state index is 0.0773. The van der Waals surface area contributed by atoms with Gasteiger partial charge in [0.05, 0.1) is 0 Å². The summed E-state index contributed by atoms with van der Waals surface area (Å²) in [4.78, 5) is 10.3. The lowest BCUT2D eigenvalue weighted by atomic mass is 10.2. The lowest BCUT2D eigenvalue weighted by molar-refractivity contribution is -0.696. The molecule has 0 saturated carbocycles. The summed E-state index contributed by atoms with van der Waals surface area (Å²) < 4.78 is 1.64. The van der Waals surface area contributed by atoms with Gasteiger partial charge in [0, 0.05) is 19.1 Å². The number of carbonyl (C=O) groups is 1. The van der Waals surface area contributed by atoms with Gasteiger partial charge < -0.3 is 9.90 Å². The molecule has 0 aromatic carbocycles. The molecule has 0 amide bonds. The number of carboxylic acids is 1. The first-order valence-electron chi connectivity index (χ1n) is 3.76. The van der Waals surface area contributed by atoms with Gasteiger partial charge in [0.25, 0.3) is 0 Å². The van der Waals surface area contributed by atoms with Crippen LogP contribution in [-0.4, -0.2) is 5.97 Å². The molecular formula is C9H11NO2. The van der Waals surface area contributed by atoms with E-state index in [1.165, 1.54) is 0 Å². The van der Waals surface area contributed by atoms with Crippen molar-refractivity contribution < 1.29 is 14.5 Å². The fourth-order valence-corrected chi connectivity index (χ4v) is 1.10. The van der Waals surface area contributed by atoms with Crippen molar-refractivity contribution in [2.24, 2.45) is 0 Å². The van der Waals surface area contributed by atoms with Crippen LogP contribution in [0, 0.1) is 13.8 Å². The molecule has 3 heteroatoms. The molecule has 1 rings (SSSR count). The second-order valence-electron chi connectivity index (χ2n) is 2.85. The summed E-state index contributed by atoms with van der Waals surface area (Å²) in [6.07, 6.45) is 1.75. The number of carbonyl (C=O) groups excluding carboxylic acids is 1. The summed E-state index contributed by atoms with van der Waals surface area (Å²) in [5.74, 6) is -1.06. The number of rotatable bonds is 2. The van der Waals surface area contributed by atoms with E-state index in [1.54, 1.807) is 10.8 Å². The zero-order valence-electron chi connectivity index (χ0n) is 7.20. The number of nitrogens with zero attached hydrogens (tertiary/aromatic N) is 1. The first-order valence-corrected chi connectivity index (χ1v) is 3.76. The highest BCUT2D eigenvalue weighted by Gasteiger charge is 2.04. The summed E-state index contributed by atoms with van der Waals surface area (Å²) >= 11 is 0. The van der Waals surface area contributed by atoms with E-state index in [2.05, 4.69) is 0 Å². The van der Waals surface area contributed by atoms with Gasteiger partial charge in [0.2, 0.25) is 0 Å². The molecule has 0 unspecified atom stereocenters. The maximum atomic E-state index is 10.3. The predicted molar refractivity (Wildman–Crippen MR) is 41.1 cm³/mol. The van der Waals surface area contributed by atoms with Gasteiger partial charge in [-0.2, -0.15) is 4.57 Å². The maximum absolute atomic E-state index is 10.3. The van der Waals surface area contributed by atoms with Crippen LogP contribution in [0.4, 0.5) is 0 Å². The van der Waals surface area contributed by atoms with Crippen LogP contribution < -0.4 is 9.67 Å². The Morgan fingerprint density at radius 3 is 2.75 bits per heavy atom. The fraction of sp³-hybridized carbons (Fsp3) is 0.333. The van der Waals surface area contributed by atoms with Gasteiger partial charge in [-0.25, -0.2) is 0 Å². The molecule has 0 radical (unpaired) electrons. The van der Waals surface area contributed by atoms with E-state index in [0.29, 0.717) is 0 Å². The summed E-state index contributed by atoms with van der Waals surface area (Å²) in [5, 5.41) is 10.3. The minimum Gasteiger partial charge on any atom is -0.544 e. The fourth-order valence-electron chi connectivity index (χ4n) is 1.10. The number of pyridine rings is 1. The summed E-state index contributed by atoms with van der Waals surface area (Å²) in [5.41, 5.74) is 2.06. The van der Waals surface area contributed by atoms with Crippen molar-refractivity contribution in [1.29, 1.82) is 0 Å². The van der Waals surface area contributed by atoms with E-state index >= 15 is 0 Å². The largest absolute Gasteiger partial charge is 0.544 e. The first-order chi connectivity index (χ1) is 5.59. The summed E-state index contributed by atoms with van der Waals surface area (Å²) in [7, 11) is 0. The molecule has 0 spiro atoms. The van der Waals surface area contributed by atoms with Gasteiger partial charge >= 0.3 is 0 Å². The second-order valence-corrected chi connectivity index (χ2v) is 2.85. The Labute approximate surface area is 71.3 Å². The Hall–Kier alpha value is -1.38. The molecule has 0 atom stereocenters. The molecule has 0 saturated heterocycles. The van der Waals surface area contributed by atoms with E-state index in [1.807, 2.05) is 26.0 Å². The smallest absolute Gasteiger partial charge is 0.188 e. The van der Waals surface area contributed by atoms with Crippen molar-refractivity contribution in [2.75, 3.05) is 0 Å². The highest BCUT2D eigenvalue weighted by Crippen LogP contribution is 1.95. The van der Waals surface area contributed by atoms with E-state index in [-0.39, 0.29) is 6.54 Å². The molecule has 0 bridgehead atoms. The van der Waals surface area contributed by atoms with Crippen LogP contribution in [-0.2, 0) is 11.3 Å². The third-order valence-electron chi connectivity index (χ3n) is 1.71. The standard InChI is InChI=1S/C9H11NO2/c1-7-3-4-10(6-9(11)12)8(2)5-7/h3-5H,6H2,1-2H3. The van der Waals surface area contributed by atoms with E-state index in [9.17, 15) is 9.90 Å². The molecule has 0 aliphatic rings. The van der Waals surface area contributed by atoms with Crippen molar-refractivity contribution >= 4 is 5.97 Å². The van der Waals surface area contributed by atoms with Crippen LogP contribution in [0.15, 0.2) is 18.3 Å². The molecule has 0 fully saturated rings. The van der Waals surface area contributed by atoms with E-state index < -0.39 is 5.97 Å². The highest BCUT2D eigenvalue weighted by atomic mass is 16.4. The van der Waals surface area contributed by atoms with Gasteiger partial charge in [-0.3, -0.25) is 0 Å². The minimum atomic E-state index is -1.06. The third kappa shape index (κ3) is 2.05. The van der Waals surface area contributed by atoms with Gasteiger partial charge in [-0.05, 0) is 12.5 Å². The topological polar surface area (TPSA) is 44.0 Å². The molecule has 3 nitrogen and oxygen atoms in total. The zero-order valence-corrected chi connectivity index (χ0v) is 7.20. The lowest BCUT2D eigenvalue weighted by Gasteiger charge is -2.01. The monoisotopic (exact) mass is 165 g/mol. The van der Waals surface area contributed by atoms with Crippen molar-refractivity contribution in [3.8, 4) is 0 Å². The van der Waals surface area contributed by atoms with Crippen molar-refractivity contribution in [1.82, 2.24) is 0 Å². The molecule has 0 N–H and O–H groups in total. The molecule has 12 heavy (non-hydrogen) atoms. The predicted octanol–water partition coefficient (Wildman–Crippen LogP) is -0.659. The Kier molecular flexibility index (Phi) is 2.43. The van der Waals surface area contributed by atoms with Crippen molar-refractivity contribution in [2.45, 2.75) is 20.4 Å². The van der Waals surface area contributed by atoms with Gasteiger partial charge in [0.1, 0.15) is 5.97 Å². The normalized spacial score (nSPS) is 9.83. The quantitative estimate of drug-likeness (QED) is 0.546. The number of aromatic nitrogens is 1. The second kappa shape index (κ2) is 3.34.